The van der Waals surface area contributed by atoms with Crippen LogP contribution in [-0.4, -0.2) is 29.9 Å². The van der Waals surface area contributed by atoms with Crippen LogP contribution in [0.4, 0.5) is 0 Å². The first-order chi connectivity index (χ1) is 12.5. The van der Waals surface area contributed by atoms with E-state index in [2.05, 4.69) is 18.8 Å². The Kier molecular flexibility index (Phi) is 17.4. The van der Waals surface area contributed by atoms with Crippen molar-refractivity contribution in [3.05, 3.63) is 0 Å². The standard InChI is InChI=1S/C21H40O4S/c1-2-3-18-21(22)19-16-14-12-10-8-6-4-5-7-9-11-13-15-17-20-26(23,24)25/h21-22H,2-15,17-18,20H2,1H3,(H,23,24,25). The number of hydrogen-bond acceptors (Lipinski definition) is 3. The molecule has 0 heterocycles. The van der Waals surface area contributed by atoms with Gasteiger partial charge in [0.25, 0.3) is 10.1 Å². The fourth-order valence-electron chi connectivity index (χ4n) is 2.93. The molecule has 0 aromatic rings. The Morgan fingerprint density at radius 2 is 1.23 bits per heavy atom. The fourth-order valence-corrected chi connectivity index (χ4v) is 3.49. The average Bonchev–Trinajstić information content (AvgIpc) is 2.58. The molecule has 0 rings (SSSR count). The summed E-state index contributed by atoms with van der Waals surface area (Å²) in [6, 6.07) is 0. The predicted molar refractivity (Wildman–Crippen MR) is 110 cm³/mol. The van der Waals surface area contributed by atoms with Crippen molar-refractivity contribution in [1.29, 1.82) is 0 Å². The molecule has 0 aromatic heterocycles. The van der Waals surface area contributed by atoms with Gasteiger partial charge < -0.3 is 5.11 Å². The summed E-state index contributed by atoms with van der Waals surface area (Å²) in [5.41, 5.74) is 0. The van der Waals surface area contributed by atoms with E-state index in [9.17, 15) is 13.5 Å². The lowest BCUT2D eigenvalue weighted by Crippen LogP contribution is -2.03. The summed E-state index contributed by atoms with van der Waals surface area (Å²) in [5, 5.41) is 9.61. The zero-order chi connectivity index (χ0) is 19.5. The molecule has 154 valence electrons. The van der Waals surface area contributed by atoms with Crippen molar-refractivity contribution in [2.45, 2.75) is 116 Å². The maximum Gasteiger partial charge on any atom is 0.264 e. The highest BCUT2D eigenvalue weighted by atomic mass is 32.2. The summed E-state index contributed by atoms with van der Waals surface area (Å²) in [6.07, 6.45) is 17.1. The van der Waals surface area contributed by atoms with Crippen molar-refractivity contribution in [2.75, 3.05) is 5.75 Å². The van der Waals surface area contributed by atoms with E-state index in [4.69, 9.17) is 4.55 Å². The normalized spacial score (nSPS) is 12.6. The van der Waals surface area contributed by atoms with Crippen LogP contribution < -0.4 is 0 Å². The van der Waals surface area contributed by atoms with Gasteiger partial charge in [0.1, 0.15) is 6.10 Å². The summed E-state index contributed by atoms with van der Waals surface area (Å²) < 4.78 is 29.8. The molecule has 1 unspecified atom stereocenters. The average molecular weight is 389 g/mol. The molecule has 0 amide bonds. The molecule has 0 saturated heterocycles. The molecule has 0 aliphatic rings. The molecule has 4 nitrogen and oxygen atoms in total. The van der Waals surface area contributed by atoms with Gasteiger partial charge in [0.05, 0.1) is 5.75 Å². The topological polar surface area (TPSA) is 74.6 Å². The van der Waals surface area contributed by atoms with Gasteiger partial charge in [-0.05, 0) is 19.3 Å². The van der Waals surface area contributed by atoms with Gasteiger partial charge in [-0.2, -0.15) is 8.42 Å². The maximum absolute atomic E-state index is 10.6. The second kappa shape index (κ2) is 17.8. The van der Waals surface area contributed by atoms with Crippen LogP contribution in [0.2, 0.25) is 0 Å². The van der Waals surface area contributed by atoms with Crippen molar-refractivity contribution in [2.24, 2.45) is 0 Å². The summed E-state index contributed by atoms with van der Waals surface area (Å²) >= 11 is 0. The quantitative estimate of drug-likeness (QED) is 0.196. The van der Waals surface area contributed by atoms with Gasteiger partial charge in [0, 0.05) is 6.42 Å². The van der Waals surface area contributed by atoms with Crippen LogP contribution in [0.25, 0.3) is 0 Å². The highest BCUT2D eigenvalue weighted by Gasteiger charge is 2.02. The third kappa shape index (κ3) is 21.5. The highest BCUT2D eigenvalue weighted by molar-refractivity contribution is 7.85. The molecule has 1 atom stereocenters. The third-order valence-electron chi connectivity index (χ3n) is 4.55. The van der Waals surface area contributed by atoms with Gasteiger partial charge in [-0.25, -0.2) is 0 Å². The van der Waals surface area contributed by atoms with Crippen LogP contribution in [0.5, 0.6) is 0 Å². The van der Waals surface area contributed by atoms with Crippen LogP contribution in [0.3, 0.4) is 0 Å². The molecule has 26 heavy (non-hydrogen) atoms. The van der Waals surface area contributed by atoms with Gasteiger partial charge in [-0.15, -0.1) is 5.92 Å². The van der Waals surface area contributed by atoms with E-state index in [1.54, 1.807) is 0 Å². The van der Waals surface area contributed by atoms with Crippen molar-refractivity contribution < 1.29 is 18.1 Å². The van der Waals surface area contributed by atoms with E-state index in [0.29, 0.717) is 6.42 Å². The van der Waals surface area contributed by atoms with Crippen LogP contribution in [0.1, 0.15) is 110 Å². The molecule has 5 heteroatoms. The van der Waals surface area contributed by atoms with Crippen LogP contribution in [-0.2, 0) is 10.1 Å². The number of unbranched alkanes of at least 4 members (excludes halogenated alkanes) is 13. The number of rotatable bonds is 17. The van der Waals surface area contributed by atoms with Gasteiger partial charge in [-0.3, -0.25) is 4.55 Å². The zero-order valence-electron chi connectivity index (χ0n) is 16.7. The molecule has 0 aliphatic heterocycles. The van der Waals surface area contributed by atoms with E-state index >= 15 is 0 Å². The van der Waals surface area contributed by atoms with Gasteiger partial charge in [0.15, 0.2) is 0 Å². The summed E-state index contributed by atoms with van der Waals surface area (Å²) in [5.74, 6) is 5.93. The van der Waals surface area contributed by atoms with E-state index in [1.165, 1.54) is 44.9 Å². The molecule has 0 saturated carbocycles. The van der Waals surface area contributed by atoms with Crippen molar-refractivity contribution >= 4 is 10.1 Å². The van der Waals surface area contributed by atoms with Gasteiger partial charge >= 0.3 is 0 Å². The Morgan fingerprint density at radius 1 is 0.769 bits per heavy atom. The summed E-state index contributed by atoms with van der Waals surface area (Å²) in [4.78, 5) is 0. The predicted octanol–water partition coefficient (Wildman–Crippen LogP) is 5.50. The fraction of sp³-hybridized carbons (Fsp3) is 0.905. The smallest absolute Gasteiger partial charge is 0.264 e. The van der Waals surface area contributed by atoms with E-state index in [1.807, 2.05) is 0 Å². The molecular formula is C21H40O4S. The van der Waals surface area contributed by atoms with Crippen molar-refractivity contribution in [3.8, 4) is 11.8 Å². The Bertz CT molecular complexity index is 462. The largest absolute Gasteiger partial charge is 0.380 e. The lowest BCUT2D eigenvalue weighted by Gasteiger charge is -2.02. The Morgan fingerprint density at radius 3 is 1.69 bits per heavy atom. The minimum atomic E-state index is -3.77. The second-order valence-corrected chi connectivity index (χ2v) is 8.83. The van der Waals surface area contributed by atoms with E-state index in [-0.39, 0.29) is 5.75 Å². The highest BCUT2D eigenvalue weighted by Crippen LogP contribution is 2.12. The first kappa shape index (κ1) is 25.4. The monoisotopic (exact) mass is 388 g/mol. The molecule has 0 aliphatic carbocycles. The summed E-state index contributed by atoms with van der Waals surface area (Å²) in [6.45, 7) is 2.12. The first-order valence-electron chi connectivity index (χ1n) is 10.6. The number of hydrogen-bond donors (Lipinski definition) is 2. The van der Waals surface area contributed by atoms with Crippen LogP contribution >= 0.6 is 0 Å². The van der Waals surface area contributed by atoms with Crippen LogP contribution in [0.15, 0.2) is 0 Å². The first-order valence-corrected chi connectivity index (χ1v) is 12.2. The molecule has 0 spiro atoms. The molecule has 0 fully saturated rings. The molecule has 2 N–H and O–H groups in total. The third-order valence-corrected chi connectivity index (χ3v) is 5.36. The minimum Gasteiger partial charge on any atom is -0.380 e. The van der Waals surface area contributed by atoms with Crippen LogP contribution in [0, 0.1) is 11.8 Å². The molecule has 0 aromatic carbocycles. The lowest BCUT2D eigenvalue weighted by atomic mass is 10.0. The van der Waals surface area contributed by atoms with Gasteiger partial charge in [-0.1, -0.05) is 89.9 Å². The summed E-state index contributed by atoms with van der Waals surface area (Å²) in [7, 11) is -3.77. The second-order valence-electron chi connectivity index (χ2n) is 7.26. The number of aliphatic hydroxyl groups excluding tert-OH is 1. The molecule has 0 radical (unpaired) electrons. The van der Waals surface area contributed by atoms with E-state index < -0.39 is 16.2 Å². The number of aliphatic hydroxyl groups is 1. The Labute approximate surface area is 161 Å². The Balaban J connectivity index is 3.21. The lowest BCUT2D eigenvalue weighted by molar-refractivity contribution is 0.218. The van der Waals surface area contributed by atoms with Crippen molar-refractivity contribution in [3.63, 3.8) is 0 Å². The molecule has 0 bridgehead atoms. The SMILES string of the molecule is CCCCC(O)C#CCCCCCCCCCCCCCCS(=O)(=O)O. The Hall–Kier alpha value is -0.570. The minimum absolute atomic E-state index is 0.0992. The van der Waals surface area contributed by atoms with Crippen molar-refractivity contribution in [1.82, 2.24) is 0 Å². The zero-order valence-corrected chi connectivity index (χ0v) is 17.5. The van der Waals surface area contributed by atoms with E-state index in [0.717, 1.165) is 51.4 Å². The molecular weight excluding hydrogens is 348 g/mol. The van der Waals surface area contributed by atoms with Gasteiger partial charge in [0.2, 0.25) is 0 Å². The maximum atomic E-state index is 10.6.